The Bertz CT molecular complexity index is 355. The van der Waals surface area contributed by atoms with Gasteiger partial charge < -0.3 is 4.74 Å². The summed E-state index contributed by atoms with van der Waals surface area (Å²) in [5, 5.41) is 8.60. The van der Waals surface area contributed by atoms with Crippen molar-refractivity contribution in [2.45, 2.75) is 13.3 Å². The van der Waals surface area contributed by atoms with Gasteiger partial charge in [0.1, 0.15) is 5.75 Å². The summed E-state index contributed by atoms with van der Waals surface area (Å²) in [6.45, 7) is 1.96. The Balaban J connectivity index is 3.23. The molecule has 0 bridgehead atoms. The van der Waals surface area contributed by atoms with Crippen LogP contribution in [0.3, 0.4) is 0 Å². The first kappa shape index (κ1) is 10.1. The molecule has 0 aliphatic rings. The Morgan fingerprint density at radius 2 is 2.23 bits per heavy atom. The quantitative estimate of drug-likeness (QED) is 0.796. The lowest BCUT2D eigenvalue weighted by atomic mass is 10.1. The van der Waals surface area contributed by atoms with Crippen molar-refractivity contribution in [3.63, 3.8) is 0 Å². The maximum absolute atomic E-state index is 8.60. The molecule has 3 heteroatoms. The van der Waals surface area contributed by atoms with Crippen LogP contribution in [0, 0.1) is 18.3 Å². The third-order valence-electron chi connectivity index (χ3n) is 1.79. The second kappa shape index (κ2) is 4.29. The smallest absolute Gasteiger partial charge is 0.126 e. The van der Waals surface area contributed by atoms with Crippen molar-refractivity contribution >= 4 is 15.9 Å². The minimum atomic E-state index is 0.378. The molecule has 0 atom stereocenters. The van der Waals surface area contributed by atoms with Crippen molar-refractivity contribution < 1.29 is 4.74 Å². The van der Waals surface area contributed by atoms with Crippen molar-refractivity contribution in [2.75, 3.05) is 7.11 Å². The van der Waals surface area contributed by atoms with Gasteiger partial charge in [0.2, 0.25) is 0 Å². The molecule has 0 saturated carbocycles. The van der Waals surface area contributed by atoms with E-state index in [0.717, 1.165) is 21.3 Å². The molecule has 0 unspecified atom stereocenters. The summed E-state index contributed by atoms with van der Waals surface area (Å²) in [5.41, 5.74) is 1.97. The first-order valence-electron chi connectivity index (χ1n) is 3.89. The molecule has 2 nitrogen and oxygen atoms in total. The van der Waals surface area contributed by atoms with Gasteiger partial charge in [-0.25, -0.2) is 0 Å². The molecule has 0 N–H and O–H groups in total. The highest BCUT2D eigenvalue weighted by Gasteiger charge is 2.06. The second-order valence-corrected chi connectivity index (χ2v) is 3.67. The zero-order valence-corrected chi connectivity index (χ0v) is 9.18. The molecule has 1 aromatic rings. The number of nitriles is 1. The van der Waals surface area contributed by atoms with Gasteiger partial charge in [-0.1, -0.05) is 15.9 Å². The van der Waals surface area contributed by atoms with Crippen molar-refractivity contribution in [1.29, 1.82) is 5.26 Å². The fraction of sp³-hybridized carbons (Fsp3) is 0.300. The van der Waals surface area contributed by atoms with Crippen LogP contribution in [0.1, 0.15) is 11.1 Å². The van der Waals surface area contributed by atoms with E-state index in [1.807, 2.05) is 19.1 Å². The van der Waals surface area contributed by atoms with Gasteiger partial charge in [0.25, 0.3) is 0 Å². The van der Waals surface area contributed by atoms with Gasteiger partial charge in [0.05, 0.1) is 19.6 Å². The maximum atomic E-state index is 8.60. The van der Waals surface area contributed by atoms with Gasteiger partial charge in [0, 0.05) is 10.0 Å². The van der Waals surface area contributed by atoms with Crippen LogP contribution in [0.15, 0.2) is 16.6 Å². The Labute approximate surface area is 86.3 Å². The standard InChI is InChI=1S/C10H10BrNO/c1-7-5-9(11)6-8(3-4-12)10(7)13-2/h5-6H,3H2,1-2H3. The summed E-state index contributed by atoms with van der Waals surface area (Å²) in [4.78, 5) is 0. The lowest BCUT2D eigenvalue weighted by Gasteiger charge is -2.09. The molecular weight excluding hydrogens is 230 g/mol. The summed E-state index contributed by atoms with van der Waals surface area (Å²) in [6, 6.07) is 6.00. The lowest BCUT2D eigenvalue weighted by Crippen LogP contribution is -1.94. The molecule has 0 spiro atoms. The average Bonchev–Trinajstić information content (AvgIpc) is 2.04. The van der Waals surface area contributed by atoms with Crippen molar-refractivity contribution in [3.8, 4) is 11.8 Å². The highest BCUT2D eigenvalue weighted by atomic mass is 79.9. The first-order chi connectivity index (χ1) is 6.19. The number of hydrogen-bond donors (Lipinski definition) is 0. The largest absolute Gasteiger partial charge is 0.496 e. The van der Waals surface area contributed by atoms with E-state index < -0.39 is 0 Å². The highest BCUT2D eigenvalue weighted by Crippen LogP contribution is 2.27. The monoisotopic (exact) mass is 239 g/mol. The zero-order valence-electron chi connectivity index (χ0n) is 7.60. The van der Waals surface area contributed by atoms with E-state index in [4.69, 9.17) is 10.00 Å². The van der Waals surface area contributed by atoms with Crippen LogP contribution < -0.4 is 4.74 Å². The number of hydrogen-bond acceptors (Lipinski definition) is 2. The molecule has 0 fully saturated rings. The van der Waals surface area contributed by atoms with Crippen molar-refractivity contribution in [3.05, 3.63) is 27.7 Å². The van der Waals surface area contributed by atoms with Gasteiger partial charge in [0.15, 0.2) is 0 Å². The van der Waals surface area contributed by atoms with E-state index >= 15 is 0 Å². The van der Waals surface area contributed by atoms with E-state index in [1.165, 1.54) is 0 Å². The third kappa shape index (κ3) is 2.22. The Kier molecular flexibility index (Phi) is 3.32. The van der Waals surface area contributed by atoms with Crippen LogP contribution in [0.25, 0.3) is 0 Å². The van der Waals surface area contributed by atoms with Gasteiger partial charge >= 0.3 is 0 Å². The number of aryl methyl sites for hydroxylation is 1. The van der Waals surface area contributed by atoms with Crippen LogP contribution >= 0.6 is 15.9 Å². The molecule has 0 aromatic heterocycles. The van der Waals surface area contributed by atoms with Crippen molar-refractivity contribution in [2.24, 2.45) is 0 Å². The first-order valence-corrected chi connectivity index (χ1v) is 4.68. The maximum Gasteiger partial charge on any atom is 0.126 e. The predicted molar refractivity (Wildman–Crippen MR) is 54.7 cm³/mol. The molecule has 0 heterocycles. The second-order valence-electron chi connectivity index (χ2n) is 2.75. The number of halogens is 1. The molecule has 1 rings (SSSR count). The molecular formula is C10H10BrNO. The van der Waals surface area contributed by atoms with E-state index in [-0.39, 0.29) is 0 Å². The van der Waals surface area contributed by atoms with E-state index in [1.54, 1.807) is 7.11 Å². The Morgan fingerprint density at radius 1 is 1.54 bits per heavy atom. The number of nitrogens with zero attached hydrogens (tertiary/aromatic N) is 1. The molecule has 0 aliphatic carbocycles. The van der Waals surface area contributed by atoms with Crippen LogP contribution in [0.5, 0.6) is 5.75 Å². The molecule has 0 aliphatic heterocycles. The van der Waals surface area contributed by atoms with E-state index in [9.17, 15) is 0 Å². The number of methoxy groups -OCH3 is 1. The fourth-order valence-electron chi connectivity index (χ4n) is 1.31. The lowest BCUT2D eigenvalue weighted by molar-refractivity contribution is 0.407. The normalized spacial score (nSPS) is 9.38. The number of benzene rings is 1. The highest BCUT2D eigenvalue weighted by molar-refractivity contribution is 9.10. The molecule has 1 aromatic carbocycles. The molecule has 0 radical (unpaired) electrons. The number of rotatable bonds is 2. The summed E-state index contributed by atoms with van der Waals surface area (Å²) in [7, 11) is 1.62. The number of ether oxygens (including phenoxy) is 1. The van der Waals surface area contributed by atoms with Gasteiger partial charge in [-0.15, -0.1) is 0 Å². The molecule has 0 amide bonds. The van der Waals surface area contributed by atoms with Crippen LogP contribution in [0.2, 0.25) is 0 Å². The minimum Gasteiger partial charge on any atom is -0.496 e. The zero-order chi connectivity index (χ0) is 9.84. The minimum absolute atomic E-state index is 0.378. The Hall–Kier alpha value is -1.01. The average molecular weight is 240 g/mol. The van der Waals surface area contributed by atoms with E-state index in [0.29, 0.717) is 6.42 Å². The van der Waals surface area contributed by atoms with Gasteiger partial charge in [-0.3, -0.25) is 0 Å². The third-order valence-corrected chi connectivity index (χ3v) is 2.25. The van der Waals surface area contributed by atoms with Crippen molar-refractivity contribution in [1.82, 2.24) is 0 Å². The SMILES string of the molecule is COc1c(C)cc(Br)cc1CC#N. The molecule has 68 valence electrons. The van der Waals surface area contributed by atoms with E-state index in [2.05, 4.69) is 22.0 Å². The Morgan fingerprint density at radius 3 is 2.77 bits per heavy atom. The van der Waals surface area contributed by atoms with Gasteiger partial charge in [-0.2, -0.15) is 5.26 Å². The van der Waals surface area contributed by atoms with Crippen LogP contribution in [-0.4, -0.2) is 7.11 Å². The van der Waals surface area contributed by atoms with Gasteiger partial charge in [-0.05, 0) is 24.6 Å². The fourth-order valence-corrected chi connectivity index (χ4v) is 1.93. The summed E-state index contributed by atoms with van der Waals surface area (Å²) in [6.07, 6.45) is 0.378. The molecule has 13 heavy (non-hydrogen) atoms. The topological polar surface area (TPSA) is 33.0 Å². The van der Waals surface area contributed by atoms with Crippen LogP contribution in [-0.2, 0) is 6.42 Å². The molecule has 0 saturated heterocycles. The predicted octanol–water partition coefficient (Wildman–Crippen LogP) is 2.83. The summed E-state index contributed by atoms with van der Waals surface area (Å²) >= 11 is 3.38. The van der Waals surface area contributed by atoms with Crippen LogP contribution in [0.4, 0.5) is 0 Å². The summed E-state index contributed by atoms with van der Waals surface area (Å²) < 4.78 is 6.19. The summed E-state index contributed by atoms with van der Waals surface area (Å²) in [5.74, 6) is 0.810.